The number of carbonyl (C=O) groups excluding carboxylic acids is 1. The van der Waals surface area contributed by atoms with Crippen molar-refractivity contribution in [1.82, 2.24) is 0 Å². The zero-order valence-corrected chi connectivity index (χ0v) is 5.60. The fourth-order valence-corrected chi connectivity index (χ4v) is 1.23. The SMILES string of the molecule is NC(C=O)c1cccs1. The Morgan fingerprint density at radius 3 is 3.00 bits per heavy atom. The highest BCUT2D eigenvalue weighted by atomic mass is 32.1. The molecule has 0 aliphatic carbocycles. The van der Waals surface area contributed by atoms with E-state index in [1.807, 2.05) is 17.5 Å². The quantitative estimate of drug-likeness (QED) is 0.623. The molecule has 0 aliphatic heterocycles. The predicted octanol–water partition coefficient (Wildman–Crippen LogP) is 0.947. The summed E-state index contributed by atoms with van der Waals surface area (Å²) in [7, 11) is 0. The average Bonchev–Trinajstić information content (AvgIpc) is 2.37. The molecule has 0 radical (unpaired) electrons. The summed E-state index contributed by atoms with van der Waals surface area (Å²) in [5.74, 6) is 0. The maximum Gasteiger partial charge on any atom is 0.142 e. The summed E-state index contributed by atoms with van der Waals surface area (Å²) in [6, 6.07) is 3.30. The number of hydrogen-bond donors (Lipinski definition) is 1. The molecule has 3 heteroatoms. The van der Waals surface area contributed by atoms with E-state index in [2.05, 4.69) is 0 Å². The second kappa shape index (κ2) is 2.75. The summed E-state index contributed by atoms with van der Waals surface area (Å²) in [5.41, 5.74) is 5.38. The zero-order chi connectivity index (χ0) is 6.69. The van der Waals surface area contributed by atoms with E-state index >= 15 is 0 Å². The molecule has 48 valence electrons. The molecule has 2 N–H and O–H groups in total. The topological polar surface area (TPSA) is 43.1 Å². The monoisotopic (exact) mass is 141 g/mol. The molecule has 0 spiro atoms. The third kappa shape index (κ3) is 1.37. The third-order valence-corrected chi connectivity index (χ3v) is 1.99. The Hall–Kier alpha value is -0.670. The van der Waals surface area contributed by atoms with Crippen LogP contribution in [0.15, 0.2) is 17.5 Å². The highest BCUT2D eigenvalue weighted by Crippen LogP contribution is 2.13. The molecule has 0 fully saturated rings. The Morgan fingerprint density at radius 1 is 1.78 bits per heavy atom. The van der Waals surface area contributed by atoms with Crippen LogP contribution in [0.2, 0.25) is 0 Å². The minimum atomic E-state index is -0.426. The van der Waals surface area contributed by atoms with E-state index < -0.39 is 6.04 Å². The molecule has 2 nitrogen and oxygen atoms in total. The van der Waals surface area contributed by atoms with E-state index in [4.69, 9.17) is 5.73 Å². The van der Waals surface area contributed by atoms with Crippen LogP contribution >= 0.6 is 11.3 Å². The summed E-state index contributed by atoms with van der Waals surface area (Å²) in [4.78, 5) is 11.0. The van der Waals surface area contributed by atoms with Gasteiger partial charge in [-0.25, -0.2) is 0 Å². The average molecular weight is 141 g/mol. The fourth-order valence-electron chi connectivity index (χ4n) is 0.548. The molecule has 0 saturated carbocycles. The molecule has 9 heavy (non-hydrogen) atoms. The maximum absolute atomic E-state index is 10.1. The van der Waals surface area contributed by atoms with Crippen molar-refractivity contribution in [3.63, 3.8) is 0 Å². The molecule has 1 aromatic heterocycles. The van der Waals surface area contributed by atoms with Crippen molar-refractivity contribution < 1.29 is 4.79 Å². The predicted molar refractivity (Wildman–Crippen MR) is 37.3 cm³/mol. The van der Waals surface area contributed by atoms with Crippen LogP contribution in [0, 0.1) is 0 Å². The van der Waals surface area contributed by atoms with E-state index in [1.165, 1.54) is 11.3 Å². The first-order valence-electron chi connectivity index (χ1n) is 2.59. The summed E-state index contributed by atoms with van der Waals surface area (Å²) >= 11 is 1.50. The van der Waals surface area contributed by atoms with Gasteiger partial charge < -0.3 is 10.5 Å². The van der Waals surface area contributed by atoms with Gasteiger partial charge in [0.25, 0.3) is 0 Å². The van der Waals surface area contributed by atoms with Crippen molar-refractivity contribution in [3.05, 3.63) is 22.4 Å². The molecule has 0 amide bonds. The highest BCUT2D eigenvalue weighted by molar-refractivity contribution is 7.10. The van der Waals surface area contributed by atoms with Crippen LogP contribution in [0.3, 0.4) is 0 Å². The first-order valence-corrected chi connectivity index (χ1v) is 3.47. The molecule has 1 rings (SSSR count). The lowest BCUT2D eigenvalue weighted by atomic mass is 10.3. The number of rotatable bonds is 2. The van der Waals surface area contributed by atoms with E-state index in [0.29, 0.717) is 0 Å². The second-order valence-electron chi connectivity index (χ2n) is 1.68. The van der Waals surface area contributed by atoms with Crippen LogP contribution in [0.25, 0.3) is 0 Å². The lowest BCUT2D eigenvalue weighted by Crippen LogP contribution is -2.08. The lowest BCUT2D eigenvalue weighted by Gasteiger charge is -1.95. The molecule has 0 saturated heterocycles. The zero-order valence-electron chi connectivity index (χ0n) is 4.78. The second-order valence-corrected chi connectivity index (χ2v) is 2.66. The molecular formula is C6H7NOS. The van der Waals surface area contributed by atoms with Crippen LogP contribution in [-0.2, 0) is 4.79 Å². The van der Waals surface area contributed by atoms with Crippen LogP contribution in [-0.4, -0.2) is 6.29 Å². The van der Waals surface area contributed by atoms with Gasteiger partial charge in [0, 0.05) is 4.88 Å². The smallest absolute Gasteiger partial charge is 0.142 e. The van der Waals surface area contributed by atoms with E-state index in [9.17, 15) is 4.79 Å². The van der Waals surface area contributed by atoms with Gasteiger partial charge in [0.05, 0.1) is 6.04 Å². The van der Waals surface area contributed by atoms with E-state index in [-0.39, 0.29) is 0 Å². The van der Waals surface area contributed by atoms with Crippen molar-refractivity contribution >= 4 is 17.6 Å². The molecule has 0 bridgehead atoms. The summed E-state index contributed by atoms with van der Waals surface area (Å²) < 4.78 is 0. The van der Waals surface area contributed by atoms with Gasteiger partial charge in [0.1, 0.15) is 6.29 Å². The van der Waals surface area contributed by atoms with Gasteiger partial charge in [0.2, 0.25) is 0 Å². The van der Waals surface area contributed by atoms with Gasteiger partial charge in [-0.05, 0) is 11.4 Å². The number of hydrogen-bond acceptors (Lipinski definition) is 3. The number of nitrogens with two attached hydrogens (primary N) is 1. The van der Waals surface area contributed by atoms with E-state index in [1.54, 1.807) is 0 Å². The van der Waals surface area contributed by atoms with E-state index in [0.717, 1.165) is 11.2 Å². The largest absolute Gasteiger partial charge is 0.317 e. The lowest BCUT2D eigenvalue weighted by molar-refractivity contribution is -0.108. The van der Waals surface area contributed by atoms with Gasteiger partial charge in [-0.15, -0.1) is 11.3 Å². The van der Waals surface area contributed by atoms with Crippen molar-refractivity contribution in [2.45, 2.75) is 6.04 Å². The summed E-state index contributed by atoms with van der Waals surface area (Å²) in [5, 5.41) is 1.90. The Morgan fingerprint density at radius 2 is 2.56 bits per heavy atom. The summed E-state index contributed by atoms with van der Waals surface area (Å²) in [6.07, 6.45) is 0.742. The minimum absolute atomic E-state index is 0.426. The Kier molecular flexibility index (Phi) is 1.97. The van der Waals surface area contributed by atoms with Crippen LogP contribution in [0.5, 0.6) is 0 Å². The van der Waals surface area contributed by atoms with Crippen molar-refractivity contribution in [1.29, 1.82) is 0 Å². The third-order valence-electron chi connectivity index (χ3n) is 1.02. The van der Waals surface area contributed by atoms with Crippen molar-refractivity contribution in [2.24, 2.45) is 5.73 Å². The Balaban J connectivity index is 2.76. The van der Waals surface area contributed by atoms with Gasteiger partial charge in [-0.3, -0.25) is 0 Å². The summed E-state index contributed by atoms with van der Waals surface area (Å²) in [6.45, 7) is 0. The molecule has 1 unspecified atom stereocenters. The number of thiophene rings is 1. The first-order chi connectivity index (χ1) is 4.34. The Labute approximate surface area is 57.3 Å². The fraction of sp³-hybridized carbons (Fsp3) is 0.167. The number of carbonyl (C=O) groups is 1. The molecular weight excluding hydrogens is 134 g/mol. The highest BCUT2D eigenvalue weighted by Gasteiger charge is 2.02. The molecule has 1 aromatic rings. The van der Waals surface area contributed by atoms with Gasteiger partial charge >= 0.3 is 0 Å². The van der Waals surface area contributed by atoms with Gasteiger partial charge in [-0.2, -0.15) is 0 Å². The standard InChI is InChI=1S/C6H7NOS/c7-5(4-8)6-2-1-3-9-6/h1-5H,7H2. The maximum atomic E-state index is 10.1. The molecule has 1 atom stereocenters. The van der Waals surface area contributed by atoms with Gasteiger partial charge in [-0.1, -0.05) is 6.07 Å². The molecule has 0 aliphatic rings. The minimum Gasteiger partial charge on any atom is -0.317 e. The van der Waals surface area contributed by atoms with Crippen LogP contribution in [0.1, 0.15) is 10.9 Å². The van der Waals surface area contributed by atoms with Crippen molar-refractivity contribution in [2.75, 3.05) is 0 Å². The normalized spacial score (nSPS) is 13.0. The molecule has 0 aromatic carbocycles. The first kappa shape index (κ1) is 6.45. The van der Waals surface area contributed by atoms with Crippen molar-refractivity contribution in [3.8, 4) is 0 Å². The molecule has 1 heterocycles. The van der Waals surface area contributed by atoms with Gasteiger partial charge in [0.15, 0.2) is 0 Å². The Bertz CT molecular complexity index is 183. The van der Waals surface area contributed by atoms with Crippen LogP contribution < -0.4 is 5.73 Å². The number of aldehydes is 1. The van der Waals surface area contributed by atoms with Crippen LogP contribution in [0.4, 0.5) is 0 Å².